The molecule has 0 unspecified atom stereocenters. The molecule has 0 aliphatic heterocycles. The van der Waals surface area contributed by atoms with Gasteiger partial charge in [0, 0.05) is 4.91 Å². The summed E-state index contributed by atoms with van der Waals surface area (Å²) in [7, 11) is 0. The van der Waals surface area contributed by atoms with Crippen LogP contribution in [-0.4, -0.2) is 0 Å². The number of allylic oxidation sites excluding steroid dienone is 5. The minimum atomic E-state index is 1.09. The van der Waals surface area contributed by atoms with Crippen LogP contribution in [0.3, 0.4) is 0 Å². The van der Waals surface area contributed by atoms with Gasteiger partial charge in [0.1, 0.15) is 0 Å². The van der Waals surface area contributed by atoms with Gasteiger partial charge in [-0.15, -0.1) is 0 Å². The first-order valence-corrected chi connectivity index (χ1v) is 6.85. The minimum Gasteiger partial charge on any atom is -0.0988 e. The first-order chi connectivity index (χ1) is 7.69. The van der Waals surface area contributed by atoms with Crippen molar-refractivity contribution in [1.29, 1.82) is 0 Å². The Balaban J connectivity index is 4.81. The molecule has 16 heavy (non-hydrogen) atoms. The summed E-state index contributed by atoms with van der Waals surface area (Å²) < 4.78 is 0. The van der Waals surface area contributed by atoms with Gasteiger partial charge in [0.25, 0.3) is 0 Å². The van der Waals surface area contributed by atoms with Crippen molar-refractivity contribution in [2.45, 2.75) is 46.5 Å². The quantitative estimate of drug-likeness (QED) is 0.476. The van der Waals surface area contributed by atoms with E-state index < -0.39 is 0 Å². The van der Waals surface area contributed by atoms with Crippen LogP contribution in [0.2, 0.25) is 0 Å². The predicted octanol–water partition coefficient (Wildman–Crippen LogP) is 5.85. The van der Waals surface area contributed by atoms with Crippen LogP contribution in [0.15, 0.2) is 46.8 Å². The monoisotopic (exact) mass is 236 g/mol. The molecule has 90 valence electrons. The average Bonchev–Trinajstić information content (AvgIpc) is 2.25. The normalized spacial score (nSPS) is 12.7. The van der Waals surface area contributed by atoms with Crippen molar-refractivity contribution >= 4 is 11.8 Å². The number of rotatable bonds is 8. The zero-order valence-corrected chi connectivity index (χ0v) is 11.7. The lowest BCUT2D eigenvalue weighted by atomic mass is 10.1. The predicted molar refractivity (Wildman–Crippen MR) is 78.6 cm³/mol. The highest BCUT2D eigenvalue weighted by atomic mass is 32.2. The van der Waals surface area contributed by atoms with Gasteiger partial charge in [-0.1, -0.05) is 69.8 Å². The van der Waals surface area contributed by atoms with Crippen LogP contribution in [0.5, 0.6) is 0 Å². The number of hydrogen-bond acceptors (Lipinski definition) is 1. The summed E-state index contributed by atoms with van der Waals surface area (Å²) in [6, 6.07) is 0. The van der Waals surface area contributed by atoms with Crippen LogP contribution in [0.4, 0.5) is 0 Å². The van der Waals surface area contributed by atoms with Gasteiger partial charge in [0.15, 0.2) is 0 Å². The SMILES string of the molecule is C=C/C(CCC)=C(\C=C/C)SC(=C)CCC. The molecular formula is C15H24S. The van der Waals surface area contributed by atoms with E-state index in [0.29, 0.717) is 0 Å². The molecule has 0 radical (unpaired) electrons. The van der Waals surface area contributed by atoms with E-state index in [9.17, 15) is 0 Å². The Bertz CT molecular complexity index is 282. The van der Waals surface area contributed by atoms with E-state index in [-0.39, 0.29) is 0 Å². The molecule has 0 bridgehead atoms. The summed E-state index contributed by atoms with van der Waals surface area (Å²) in [6.45, 7) is 14.4. The maximum Gasteiger partial charge on any atom is 0.0147 e. The van der Waals surface area contributed by atoms with Crippen LogP contribution < -0.4 is 0 Å². The van der Waals surface area contributed by atoms with Gasteiger partial charge in [-0.25, -0.2) is 0 Å². The highest BCUT2D eigenvalue weighted by molar-refractivity contribution is 8.06. The van der Waals surface area contributed by atoms with Crippen LogP contribution in [0.25, 0.3) is 0 Å². The van der Waals surface area contributed by atoms with Crippen LogP contribution >= 0.6 is 11.8 Å². The molecule has 0 aliphatic rings. The van der Waals surface area contributed by atoms with Gasteiger partial charge in [0.2, 0.25) is 0 Å². The molecule has 0 nitrogen and oxygen atoms in total. The van der Waals surface area contributed by atoms with E-state index in [2.05, 4.69) is 46.1 Å². The lowest BCUT2D eigenvalue weighted by molar-refractivity contribution is 0.924. The van der Waals surface area contributed by atoms with Crippen molar-refractivity contribution in [2.24, 2.45) is 0 Å². The smallest absolute Gasteiger partial charge is 0.0147 e. The third kappa shape index (κ3) is 6.02. The molecule has 0 amide bonds. The Morgan fingerprint density at radius 3 is 2.25 bits per heavy atom. The van der Waals surface area contributed by atoms with E-state index in [1.807, 2.05) is 6.08 Å². The second kappa shape index (κ2) is 9.53. The molecule has 0 saturated carbocycles. The van der Waals surface area contributed by atoms with Gasteiger partial charge in [-0.05, 0) is 30.2 Å². The Morgan fingerprint density at radius 2 is 1.81 bits per heavy atom. The van der Waals surface area contributed by atoms with Crippen molar-refractivity contribution in [1.82, 2.24) is 0 Å². The fourth-order valence-electron chi connectivity index (χ4n) is 1.44. The van der Waals surface area contributed by atoms with E-state index >= 15 is 0 Å². The van der Waals surface area contributed by atoms with Crippen molar-refractivity contribution in [3.05, 3.63) is 46.8 Å². The average molecular weight is 236 g/mol. The Labute approximate surface area is 105 Å². The van der Waals surface area contributed by atoms with E-state index in [1.54, 1.807) is 11.8 Å². The molecule has 0 atom stereocenters. The zero-order valence-electron chi connectivity index (χ0n) is 10.9. The Morgan fingerprint density at radius 1 is 1.19 bits per heavy atom. The fraction of sp³-hybridized carbons (Fsp3) is 0.467. The first kappa shape index (κ1) is 15.3. The number of thioether (sulfide) groups is 1. The minimum absolute atomic E-state index is 1.09. The molecule has 0 saturated heterocycles. The van der Waals surface area contributed by atoms with Crippen LogP contribution in [0.1, 0.15) is 46.5 Å². The van der Waals surface area contributed by atoms with Crippen molar-refractivity contribution in [3.63, 3.8) is 0 Å². The molecule has 0 aromatic rings. The lowest BCUT2D eigenvalue weighted by Crippen LogP contribution is -1.85. The number of hydrogen-bond donors (Lipinski definition) is 0. The molecule has 0 aromatic carbocycles. The summed E-state index contributed by atoms with van der Waals surface area (Å²) in [5.74, 6) is 0. The molecule has 0 aromatic heterocycles. The third-order valence-electron chi connectivity index (χ3n) is 2.18. The maximum atomic E-state index is 4.10. The lowest BCUT2D eigenvalue weighted by Gasteiger charge is -2.09. The summed E-state index contributed by atoms with van der Waals surface area (Å²) >= 11 is 1.79. The van der Waals surface area contributed by atoms with Crippen molar-refractivity contribution in [3.8, 4) is 0 Å². The second-order valence-electron chi connectivity index (χ2n) is 3.73. The highest BCUT2D eigenvalue weighted by Gasteiger charge is 2.03. The molecule has 0 N–H and O–H groups in total. The largest absolute Gasteiger partial charge is 0.0988 e. The molecule has 0 heterocycles. The Hall–Kier alpha value is -0.690. The van der Waals surface area contributed by atoms with Gasteiger partial charge in [0.05, 0.1) is 0 Å². The van der Waals surface area contributed by atoms with Crippen molar-refractivity contribution < 1.29 is 0 Å². The van der Waals surface area contributed by atoms with Crippen LogP contribution in [0, 0.1) is 0 Å². The van der Waals surface area contributed by atoms with E-state index in [4.69, 9.17) is 0 Å². The van der Waals surface area contributed by atoms with Gasteiger partial charge < -0.3 is 0 Å². The standard InChI is InChI=1S/C15H24S/c1-6-10-13(5)16-15(12-8-3)14(9-4)11-7-2/h8-9,12H,4-7,10-11H2,1-3H3/b12-8-,15-14-. The summed E-state index contributed by atoms with van der Waals surface area (Å²) in [5, 5.41) is 0. The molecule has 0 rings (SSSR count). The highest BCUT2D eigenvalue weighted by Crippen LogP contribution is 2.32. The van der Waals surface area contributed by atoms with Gasteiger partial charge >= 0.3 is 0 Å². The molecule has 0 aliphatic carbocycles. The van der Waals surface area contributed by atoms with Crippen LogP contribution in [-0.2, 0) is 0 Å². The van der Waals surface area contributed by atoms with Gasteiger partial charge in [-0.2, -0.15) is 0 Å². The fourth-order valence-corrected chi connectivity index (χ4v) is 2.58. The molecule has 0 fully saturated rings. The third-order valence-corrected chi connectivity index (χ3v) is 3.29. The molecular weight excluding hydrogens is 212 g/mol. The Kier molecular flexibility index (Phi) is 9.12. The first-order valence-electron chi connectivity index (χ1n) is 6.03. The van der Waals surface area contributed by atoms with E-state index in [1.165, 1.54) is 15.4 Å². The van der Waals surface area contributed by atoms with Gasteiger partial charge in [-0.3, -0.25) is 0 Å². The summed E-state index contributed by atoms with van der Waals surface area (Å²) in [6.07, 6.45) is 10.7. The maximum absolute atomic E-state index is 4.10. The van der Waals surface area contributed by atoms with Crippen molar-refractivity contribution in [2.75, 3.05) is 0 Å². The topological polar surface area (TPSA) is 0 Å². The van der Waals surface area contributed by atoms with E-state index in [0.717, 1.165) is 25.7 Å². The summed E-state index contributed by atoms with van der Waals surface area (Å²) in [4.78, 5) is 2.55. The molecule has 0 spiro atoms. The zero-order chi connectivity index (χ0) is 12.4. The second-order valence-corrected chi connectivity index (χ2v) is 4.96. The summed E-state index contributed by atoms with van der Waals surface area (Å²) in [5.41, 5.74) is 1.34. The molecule has 1 heteroatoms.